The lowest BCUT2D eigenvalue weighted by molar-refractivity contribution is 0.0927. The van der Waals surface area contributed by atoms with Gasteiger partial charge < -0.3 is 4.42 Å². The molecular formula is C17H14Cl2N4O2. The number of nitrogens with one attached hydrogen (secondary N) is 1. The summed E-state index contributed by atoms with van der Waals surface area (Å²) in [6.07, 6.45) is 2.88. The molecule has 2 aromatic heterocycles. The molecule has 0 spiro atoms. The number of benzene rings is 1. The number of carbonyl (C=O) groups excluding carboxylic acids is 1. The summed E-state index contributed by atoms with van der Waals surface area (Å²) in [6, 6.07) is 10.6. The Morgan fingerprint density at radius 2 is 2.08 bits per heavy atom. The van der Waals surface area contributed by atoms with Crippen LogP contribution in [0.4, 0.5) is 0 Å². The first-order valence-electron chi connectivity index (χ1n) is 7.39. The highest BCUT2D eigenvalue weighted by Gasteiger charge is 2.13. The lowest BCUT2D eigenvalue weighted by atomic mass is 10.2. The van der Waals surface area contributed by atoms with Crippen LogP contribution in [-0.2, 0) is 6.54 Å². The van der Waals surface area contributed by atoms with Crippen LogP contribution >= 0.6 is 23.2 Å². The molecule has 0 fully saturated rings. The molecule has 2 heterocycles. The zero-order chi connectivity index (χ0) is 17.8. The van der Waals surface area contributed by atoms with Crippen LogP contribution in [0.1, 0.15) is 27.4 Å². The molecule has 1 N–H and O–H groups in total. The molecule has 1 amide bonds. The minimum atomic E-state index is -0.441. The van der Waals surface area contributed by atoms with E-state index in [2.05, 4.69) is 15.6 Å². The summed E-state index contributed by atoms with van der Waals surface area (Å²) >= 11 is 12.3. The second-order valence-electron chi connectivity index (χ2n) is 5.25. The third-order valence-electron chi connectivity index (χ3n) is 3.46. The van der Waals surface area contributed by atoms with E-state index in [1.807, 2.05) is 31.2 Å². The van der Waals surface area contributed by atoms with Crippen LogP contribution in [0.3, 0.4) is 0 Å². The maximum atomic E-state index is 11.8. The van der Waals surface area contributed by atoms with Crippen molar-refractivity contribution in [1.82, 2.24) is 15.2 Å². The second-order valence-corrected chi connectivity index (χ2v) is 6.04. The molecule has 8 heteroatoms. The highest BCUT2D eigenvalue weighted by atomic mass is 35.5. The van der Waals surface area contributed by atoms with Gasteiger partial charge in [-0.05, 0) is 36.8 Å². The number of carbonyl (C=O) groups is 1. The van der Waals surface area contributed by atoms with Gasteiger partial charge in [0.25, 0.3) is 0 Å². The van der Waals surface area contributed by atoms with Crippen molar-refractivity contribution in [3.05, 3.63) is 75.4 Å². The normalized spacial score (nSPS) is 11.2. The van der Waals surface area contributed by atoms with Gasteiger partial charge in [-0.1, -0.05) is 35.3 Å². The number of nitrogens with zero attached hydrogens (tertiary/aromatic N) is 3. The molecule has 6 nitrogen and oxygen atoms in total. The van der Waals surface area contributed by atoms with E-state index < -0.39 is 5.91 Å². The van der Waals surface area contributed by atoms with Crippen molar-refractivity contribution >= 4 is 35.3 Å². The van der Waals surface area contributed by atoms with Gasteiger partial charge in [0.1, 0.15) is 5.15 Å². The average Bonchev–Trinajstić information content (AvgIpc) is 3.21. The van der Waals surface area contributed by atoms with Crippen LogP contribution in [0.2, 0.25) is 10.2 Å². The Kier molecular flexibility index (Phi) is 5.21. The fourth-order valence-corrected chi connectivity index (χ4v) is 2.61. The number of aromatic nitrogens is 2. The number of aryl methyl sites for hydroxylation is 1. The predicted molar refractivity (Wildman–Crippen MR) is 96.3 cm³/mol. The van der Waals surface area contributed by atoms with Gasteiger partial charge in [0.05, 0.1) is 30.3 Å². The Balaban J connectivity index is 1.72. The maximum absolute atomic E-state index is 11.8. The van der Waals surface area contributed by atoms with Gasteiger partial charge in [-0.15, -0.1) is 0 Å². The predicted octanol–water partition coefficient (Wildman–Crippen LogP) is 3.90. The third-order valence-corrected chi connectivity index (χ3v) is 4.11. The fraction of sp³-hybridized carbons (Fsp3) is 0.118. The number of hydrogen-bond acceptors (Lipinski definition) is 4. The third kappa shape index (κ3) is 4.10. The number of halogens is 2. The van der Waals surface area contributed by atoms with Gasteiger partial charge in [0, 0.05) is 5.02 Å². The molecule has 0 bridgehead atoms. The van der Waals surface area contributed by atoms with Crippen molar-refractivity contribution in [3.8, 4) is 0 Å². The van der Waals surface area contributed by atoms with Gasteiger partial charge in [-0.2, -0.15) is 10.2 Å². The molecule has 0 atom stereocenters. The number of furan rings is 1. The highest BCUT2D eigenvalue weighted by Crippen LogP contribution is 2.20. The van der Waals surface area contributed by atoms with Crippen LogP contribution in [0.15, 0.2) is 52.2 Å². The number of amides is 1. The molecule has 25 heavy (non-hydrogen) atoms. The Bertz CT molecular complexity index is 900. The summed E-state index contributed by atoms with van der Waals surface area (Å²) in [4.78, 5) is 11.8. The summed E-state index contributed by atoms with van der Waals surface area (Å²) in [5.41, 5.74) is 4.73. The molecule has 0 saturated heterocycles. The van der Waals surface area contributed by atoms with E-state index in [-0.39, 0.29) is 5.76 Å². The first kappa shape index (κ1) is 17.3. The quantitative estimate of drug-likeness (QED) is 0.541. The number of hydrogen-bond donors (Lipinski definition) is 1. The highest BCUT2D eigenvalue weighted by molar-refractivity contribution is 6.32. The Morgan fingerprint density at radius 1 is 1.32 bits per heavy atom. The molecule has 128 valence electrons. The number of rotatable bonds is 5. The molecule has 1 aromatic carbocycles. The van der Waals surface area contributed by atoms with E-state index in [1.54, 1.807) is 16.8 Å². The molecule has 0 unspecified atom stereocenters. The fourth-order valence-electron chi connectivity index (χ4n) is 2.20. The monoisotopic (exact) mass is 376 g/mol. The zero-order valence-electron chi connectivity index (χ0n) is 13.2. The van der Waals surface area contributed by atoms with E-state index in [9.17, 15) is 4.79 Å². The van der Waals surface area contributed by atoms with Gasteiger partial charge in [0.15, 0.2) is 5.76 Å². The minimum Gasteiger partial charge on any atom is -0.459 e. The molecule has 0 radical (unpaired) electrons. The van der Waals surface area contributed by atoms with Crippen molar-refractivity contribution in [2.24, 2.45) is 5.10 Å². The van der Waals surface area contributed by atoms with Crippen molar-refractivity contribution in [3.63, 3.8) is 0 Å². The van der Waals surface area contributed by atoms with Crippen LogP contribution in [0.5, 0.6) is 0 Å². The van der Waals surface area contributed by atoms with E-state index in [0.717, 1.165) is 5.56 Å². The molecule has 0 aliphatic carbocycles. The SMILES string of the molecule is Cc1nn(Cc2ccc(Cl)cc2)c(Cl)c1/C=N\NC(=O)c1ccco1. The van der Waals surface area contributed by atoms with Gasteiger partial charge in [-0.3, -0.25) is 4.79 Å². The summed E-state index contributed by atoms with van der Waals surface area (Å²) in [5.74, 6) is -0.262. The number of hydrazone groups is 1. The van der Waals surface area contributed by atoms with E-state index in [4.69, 9.17) is 27.6 Å². The second kappa shape index (κ2) is 7.55. The van der Waals surface area contributed by atoms with Crippen LogP contribution in [0.25, 0.3) is 0 Å². The Hall–Kier alpha value is -2.57. The smallest absolute Gasteiger partial charge is 0.307 e. The largest absolute Gasteiger partial charge is 0.459 e. The summed E-state index contributed by atoms with van der Waals surface area (Å²) < 4.78 is 6.65. The first-order chi connectivity index (χ1) is 12.0. The lowest BCUT2D eigenvalue weighted by Gasteiger charge is -2.03. The van der Waals surface area contributed by atoms with Crippen molar-refractivity contribution in [2.75, 3.05) is 0 Å². The average molecular weight is 377 g/mol. The molecule has 0 aliphatic heterocycles. The van der Waals surface area contributed by atoms with Crippen molar-refractivity contribution < 1.29 is 9.21 Å². The zero-order valence-corrected chi connectivity index (χ0v) is 14.8. The Labute approximate surface area is 154 Å². The molecule has 3 aromatic rings. The van der Waals surface area contributed by atoms with Crippen LogP contribution in [-0.4, -0.2) is 21.9 Å². The van der Waals surface area contributed by atoms with Crippen LogP contribution in [0, 0.1) is 6.92 Å². The summed E-state index contributed by atoms with van der Waals surface area (Å²) in [5, 5.41) is 9.42. The topological polar surface area (TPSA) is 72.4 Å². The van der Waals surface area contributed by atoms with E-state index in [1.165, 1.54) is 12.5 Å². The molecular weight excluding hydrogens is 363 g/mol. The molecule has 0 saturated carbocycles. The van der Waals surface area contributed by atoms with Gasteiger partial charge >= 0.3 is 5.91 Å². The minimum absolute atomic E-state index is 0.179. The summed E-state index contributed by atoms with van der Waals surface area (Å²) in [6.45, 7) is 2.32. The van der Waals surface area contributed by atoms with Gasteiger partial charge in [0.2, 0.25) is 0 Å². The summed E-state index contributed by atoms with van der Waals surface area (Å²) in [7, 11) is 0. The standard InChI is InChI=1S/C17H14Cl2N4O2/c1-11-14(9-20-21-17(24)15-3-2-8-25-15)16(19)23(22-11)10-12-4-6-13(18)7-5-12/h2-9H,10H2,1H3,(H,21,24)/b20-9-. The van der Waals surface area contributed by atoms with Crippen LogP contribution < -0.4 is 5.43 Å². The van der Waals surface area contributed by atoms with Crippen molar-refractivity contribution in [1.29, 1.82) is 0 Å². The Morgan fingerprint density at radius 3 is 2.76 bits per heavy atom. The molecule has 0 aliphatic rings. The first-order valence-corrected chi connectivity index (χ1v) is 8.14. The lowest BCUT2D eigenvalue weighted by Crippen LogP contribution is -2.16. The van der Waals surface area contributed by atoms with E-state index in [0.29, 0.717) is 28.0 Å². The van der Waals surface area contributed by atoms with Gasteiger partial charge in [-0.25, -0.2) is 10.1 Å². The van der Waals surface area contributed by atoms with Crippen molar-refractivity contribution in [2.45, 2.75) is 13.5 Å². The maximum Gasteiger partial charge on any atom is 0.307 e. The van der Waals surface area contributed by atoms with E-state index >= 15 is 0 Å². The molecule has 3 rings (SSSR count).